The van der Waals surface area contributed by atoms with Crippen molar-refractivity contribution in [3.63, 3.8) is 0 Å². The monoisotopic (exact) mass is 161 g/mol. The fourth-order valence-corrected chi connectivity index (χ4v) is 1.12. The first-order valence-corrected chi connectivity index (χ1v) is 3.61. The van der Waals surface area contributed by atoms with Gasteiger partial charge in [0.05, 0.1) is 10.9 Å². The van der Waals surface area contributed by atoms with E-state index in [4.69, 9.17) is 0 Å². The number of benzene rings is 1. The number of hydrogen-bond acceptors (Lipinski definition) is 3. The second-order valence-corrected chi connectivity index (χ2v) is 2.66. The van der Waals surface area contributed by atoms with Crippen LogP contribution in [0.25, 0.3) is 10.9 Å². The standard InChI is InChI=1S/C9H7NO2/c1-6-2-3-8-7(4-6)9(11)12-5-10-8/h2-5H,1H3. The number of rotatable bonds is 0. The van der Waals surface area contributed by atoms with Crippen LogP contribution in [0.4, 0.5) is 0 Å². The Labute approximate surface area is 68.7 Å². The van der Waals surface area contributed by atoms with Gasteiger partial charge in [0.15, 0.2) is 6.39 Å². The van der Waals surface area contributed by atoms with E-state index in [9.17, 15) is 4.79 Å². The van der Waals surface area contributed by atoms with Crippen LogP contribution < -0.4 is 5.63 Å². The van der Waals surface area contributed by atoms with Crippen LogP contribution in [0.3, 0.4) is 0 Å². The van der Waals surface area contributed by atoms with Gasteiger partial charge in [-0.15, -0.1) is 0 Å². The number of nitrogens with zero attached hydrogens (tertiary/aromatic N) is 1. The highest BCUT2D eigenvalue weighted by Crippen LogP contribution is 2.08. The van der Waals surface area contributed by atoms with E-state index in [0.717, 1.165) is 5.56 Å². The van der Waals surface area contributed by atoms with Gasteiger partial charge in [0.2, 0.25) is 0 Å². The third-order valence-corrected chi connectivity index (χ3v) is 1.72. The van der Waals surface area contributed by atoms with E-state index in [1.165, 1.54) is 6.39 Å². The van der Waals surface area contributed by atoms with Gasteiger partial charge in [-0.05, 0) is 19.1 Å². The zero-order valence-electron chi connectivity index (χ0n) is 6.57. The smallest absolute Gasteiger partial charge is 0.346 e. The third kappa shape index (κ3) is 0.993. The second kappa shape index (κ2) is 2.44. The molecule has 12 heavy (non-hydrogen) atoms. The fourth-order valence-electron chi connectivity index (χ4n) is 1.12. The molecule has 0 radical (unpaired) electrons. The molecule has 3 heteroatoms. The van der Waals surface area contributed by atoms with E-state index < -0.39 is 0 Å². The summed E-state index contributed by atoms with van der Waals surface area (Å²) in [6, 6.07) is 5.49. The lowest BCUT2D eigenvalue weighted by molar-refractivity contribution is 0.501. The van der Waals surface area contributed by atoms with Crippen molar-refractivity contribution < 1.29 is 4.42 Å². The van der Waals surface area contributed by atoms with Gasteiger partial charge in [-0.2, -0.15) is 0 Å². The van der Waals surface area contributed by atoms with Crippen molar-refractivity contribution in [3.8, 4) is 0 Å². The summed E-state index contributed by atoms with van der Waals surface area (Å²) in [6.45, 7) is 1.92. The molecule has 0 spiro atoms. The van der Waals surface area contributed by atoms with E-state index in [0.29, 0.717) is 10.9 Å². The van der Waals surface area contributed by atoms with Gasteiger partial charge < -0.3 is 4.42 Å². The minimum atomic E-state index is -0.330. The number of fused-ring (bicyclic) bond motifs is 1. The maximum absolute atomic E-state index is 11.1. The van der Waals surface area contributed by atoms with Gasteiger partial charge in [0, 0.05) is 0 Å². The van der Waals surface area contributed by atoms with Crippen LogP contribution in [0, 0.1) is 6.92 Å². The maximum Gasteiger partial charge on any atom is 0.346 e. The topological polar surface area (TPSA) is 43.1 Å². The molecule has 0 aliphatic rings. The Morgan fingerprint density at radius 1 is 1.42 bits per heavy atom. The molecule has 0 aliphatic heterocycles. The van der Waals surface area contributed by atoms with E-state index in [2.05, 4.69) is 9.40 Å². The van der Waals surface area contributed by atoms with Crippen LogP contribution in [-0.2, 0) is 0 Å². The van der Waals surface area contributed by atoms with Crippen molar-refractivity contribution in [1.82, 2.24) is 4.98 Å². The molecule has 0 N–H and O–H groups in total. The molecule has 0 atom stereocenters. The first kappa shape index (κ1) is 7.03. The average molecular weight is 161 g/mol. The Balaban J connectivity index is 2.98. The lowest BCUT2D eigenvalue weighted by Crippen LogP contribution is -1.99. The Hall–Kier alpha value is -1.64. The second-order valence-electron chi connectivity index (χ2n) is 2.66. The van der Waals surface area contributed by atoms with Crippen molar-refractivity contribution in [3.05, 3.63) is 40.6 Å². The summed E-state index contributed by atoms with van der Waals surface area (Å²) in [4.78, 5) is 15.0. The van der Waals surface area contributed by atoms with Crippen molar-refractivity contribution in [2.24, 2.45) is 0 Å². The summed E-state index contributed by atoms with van der Waals surface area (Å²) in [5.74, 6) is 0. The molecule has 1 heterocycles. The van der Waals surface area contributed by atoms with Crippen LogP contribution in [0.5, 0.6) is 0 Å². The molecule has 0 saturated heterocycles. The molecule has 0 saturated carbocycles. The van der Waals surface area contributed by atoms with Gasteiger partial charge >= 0.3 is 5.63 Å². The number of hydrogen-bond donors (Lipinski definition) is 0. The molecule has 0 aliphatic carbocycles. The van der Waals surface area contributed by atoms with Gasteiger partial charge in [0.1, 0.15) is 0 Å². The van der Waals surface area contributed by atoms with E-state index >= 15 is 0 Å². The van der Waals surface area contributed by atoms with Gasteiger partial charge in [-0.1, -0.05) is 11.6 Å². The van der Waals surface area contributed by atoms with Gasteiger partial charge in [0.25, 0.3) is 0 Å². The van der Waals surface area contributed by atoms with Gasteiger partial charge in [-0.25, -0.2) is 9.78 Å². The summed E-state index contributed by atoms with van der Waals surface area (Å²) >= 11 is 0. The Bertz CT molecular complexity index is 473. The van der Waals surface area contributed by atoms with Crippen molar-refractivity contribution in [1.29, 1.82) is 0 Å². The average Bonchev–Trinajstić information content (AvgIpc) is 2.07. The molecule has 1 aromatic heterocycles. The van der Waals surface area contributed by atoms with E-state index in [1.54, 1.807) is 6.07 Å². The third-order valence-electron chi connectivity index (χ3n) is 1.72. The molecular weight excluding hydrogens is 154 g/mol. The van der Waals surface area contributed by atoms with Crippen LogP contribution in [0.1, 0.15) is 5.56 Å². The first-order chi connectivity index (χ1) is 5.77. The van der Waals surface area contributed by atoms with E-state index in [1.807, 2.05) is 19.1 Å². The fraction of sp³-hybridized carbons (Fsp3) is 0.111. The van der Waals surface area contributed by atoms with Crippen molar-refractivity contribution in [2.45, 2.75) is 6.92 Å². The highest BCUT2D eigenvalue weighted by Gasteiger charge is 1.99. The molecule has 60 valence electrons. The maximum atomic E-state index is 11.1. The van der Waals surface area contributed by atoms with Crippen LogP contribution in [0.2, 0.25) is 0 Å². The highest BCUT2D eigenvalue weighted by molar-refractivity contribution is 5.77. The summed E-state index contributed by atoms with van der Waals surface area (Å²) < 4.78 is 4.63. The van der Waals surface area contributed by atoms with Crippen molar-refractivity contribution in [2.75, 3.05) is 0 Å². The zero-order chi connectivity index (χ0) is 8.55. The lowest BCUT2D eigenvalue weighted by Gasteiger charge is -1.94. The molecule has 1 aromatic carbocycles. The molecular formula is C9H7NO2. The Morgan fingerprint density at radius 3 is 3.08 bits per heavy atom. The minimum absolute atomic E-state index is 0.330. The quantitative estimate of drug-likeness (QED) is 0.588. The first-order valence-electron chi connectivity index (χ1n) is 3.61. The molecule has 0 bridgehead atoms. The molecule has 0 fully saturated rings. The SMILES string of the molecule is Cc1ccc2ncoc(=O)c2c1. The summed E-state index contributed by atoms with van der Waals surface area (Å²) in [6.07, 6.45) is 1.17. The van der Waals surface area contributed by atoms with Gasteiger partial charge in [-0.3, -0.25) is 0 Å². The summed E-state index contributed by atoms with van der Waals surface area (Å²) in [7, 11) is 0. The molecule has 3 nitrogen and oxygen atoms in total. The molecule has 0 amide bonds. The minimum Gasteiger partial charge on any atom is -0.411 e. The summed E-state index contributed by atoms with van der Waals surface area (Å²) in [5, 5.41) is 0.539. The predicted molar refractivity (Wildman–Crippen MR) is 45.0 cm³/mol. The van der Waals surface area contributed by atoms with Crippen LogP contribution in [0.15, 0.2) is 33.8 Å². The predicted octanol–water partition coefficient (Wildman–Crippen LogP) is 1.50. The normalized spacial score (nSPS) is 10.4. The Kier molecular flexibility index (Phi) is 1.43. The Morgan fingerprint density at radius 2 is 2.25 bits per heavy atom. The number of aromatic nitrogens is 1. The van der Waals surface area contributed by atoms with Crippen molar-refractivity contribution >= 4 is 10.9 Å². The summed E-state index contributed by atoms with van der Waals surface area (Å²) in [5.41, 5.74) is 1.38. The number of aryl methyl sites for hydroxylation is 1. The highest BCUT2D eigenvalue weighted by atomic mass is 16.4. The molecule has 2 rings (SSSR count). The zero-order valence-corrected chi connectivity index (χ0v) is 6.57. The molecule has 0 unspecified atom stereocenters. The lowest BCUT2D eigenvalue weighted by atomic mass is 10.2. The molecule has 2 aromatic rings. The largest absolute Gasteiger partial charge is 0.411 e. The van der Waals surface area contributed by atoms with E-state index in [-0.39, 0.29) is 5.63 Å². The van der Waals surface area contributed by atoms with Crippen LogP contribution in [-0.4, -0.2) is 4.98 Å². The van der Waals surface area contributed by atoms with Crippen LogP contribution >= 0.6 is 0 Å².